The number of unbranched alkanes of at least 4 members (excludes halogenated alkanes) is 5. The van der Waals surface area contributed by atoms with Gasteiger partial charge >= 0.3 is 5.97 Å². The molecule has 1 aliphatic heterocycles. The standard InChI is InChI=1S/C16H31NO2/c1-2-3-4-5-6-7-12-17-13-8-9-15(14-17)10-11-16(18)19/h15H,2-14H2,1H3,(H,18,19). The molecule has 1 atom stereocenters. The van der Waals surface area contributed by atoms with Gasteiger partial charge in [0, 0.05) is 13.0 Å². The minimum absolute atomic E-state index is 0.343. The van der Waals surface area contributed by atoms with Crippen LogP contribution in [0.25, 0.3) is 0 Å². The van der Waals surface area contributed by atoms with Gasteiger partial charge in [-0.15, -0.1) is 0 Å². The van der Waals surface area contributed by atoms with E-state index in [1.54, 1.807) is 0 Å². The Morgan fingerprint density at radius 1 is 1.21 bits per heavy atom. The normalized spacial score (nSPS) is 20.6. The van der Waals surface area contributed by atoms with Crippen molar-refractivity contribution in [1.82, 2.24) is 4.90 Å². The van der Waals surface area contributed by atoms with E-state index < -0.39 is 5.97 Å². The van der Waals surface area contributed by atoms with Gasteiger partial charge in [-0.25, -0.2) is 0 Å². The van der Waals surface area contributed by atoms with Crippen molar-refractivity contribution in [3.8, 4) is 0 Å². The lowest BCUT2D eigenvalue weighted by Gasteiger charge is -2.32. The van der Waals surface area contributed by atoms with E-state index in [1.165, 1.54) is 64.5 Å². The predicted octanol–water partition coefficient (Wildman–Crippen LogP) is 3.92. The molecule has 1 saturated heterocycles. The molecule has 0 saturated carbocycles. The number of carbonyl (C=O) groups is 1. The Kier molecular flexibility index (Phi) is 8.89. The van der Waals surface area contributed by atoms with Crippen LogP contribution in [0.4, 0.5) is 0 Å². The number of likely N-dealkylation sites (tertiary alicyclic amines) is 1. The number of hydrogen-bond donors (Lipinski definition) is 1. The zero-order valence-corrected chi connectivity index (χ0v) is 12.6. The van der Waals surface area contributed by atoms with Gasteiger partial charge in [0.15, 0.2) is 0 Å². The molecule has 1 N–H and O–H groups in total. The number of rotatable bonds is 10. The lowest BCUT2D eigenvalue weighted by atomic mass is 9.93. The third kappa shape index (κ3) is 8.25. The summed E-state index contributed by atoms with van der Waals surface area (Å²) in [6.45, 7) is 5.82. The van der Waals surface area contributed by atoms with E-state index in [2.05, 4.69) is 11.8 Å². The zero-order valence-electron chi connectivity index (χ0n) is 12.6. The van der Waals surface area contributed by atoms with Gasteiger partial charge in [0.25, 0.3) is 0 Å². The van der Waals surface area contributed by atoms with Gasteiger partial charge in [-0.3, -0.25) is 4.79 Å². The van der Waals surface area contributed by atoms with E-state index in [9.17, 15) is 4.79 Å². The van der Waals surface area contributed by atoms with Crippen molar-refractivity contribution in [3.63, 3.8) is 0 Å². The average molecular weight is 269 g/mol. The fraction of sp³-hybridized carbons (Fsp3) is 0.938. The van der Waals surface area contributed by atoms with Gasteiger partial charge in [0.05, 0.1) is 0 Å². The molecule has 1 aliphatic rings. The smallest absolute Gasteiger partial charge is 0.303 e. The number of hydrogen-bond acceptors (Lipinski definition) is 2. The van der Waals surface area contributed by atoms with Crippen LogP contribution in [-0.4, -0.2) is 35.6 Å². The summed E-state index contributed by atoms with van der Waals surface area (Å²) in [6.07, 6.45) is 11.8. The van der Waals surface area contributed by atoms with Crippen LogP contribution < -0.4 is 0 Å². The van der Waals surface area contributed by atoms with Gasteiger partial charge in [-0.1, -0.05) is 39.0 Å². The van der Waals surface area contributed by atoms with E-state index in [1.807, 2.05) is 0 Å². The molecule has 19 heavy (non-hydrogen) atoms. The molecular formula is C16H31NO2. The molecule has 0 amide bonds. The largest absolute Gasteiger partial charge is 0.481 e. The van der Waals surface area contributed by atoms with E-state index in [0.29, 0.717) is 12.3 Å². The molecule has 0 aromatic carbocycles. The Morgan fingerprint density at radius 3 is 2.68 bits per heavy atom. The van der Waals surface area contributed by atoms with Crippen LogP contribution in [0.3, 0.4) is 0 Å². The number of nitrogens with zero attached hydrogens (tertiary/aromatic N) is 1. The average Bonchev–Trinajstić information content (AvgIpc) is 2.41. The van der Waals surface area contributed by atoms with Crippen molar-refractivity contribution < 1.29 is 9.90 Å². The molecule has 1 rings (SSSR count). The molecule has 1 unspecified atom stereocenters. The number of piperidine rings is 1. The lowest BCUT2D eigenvalue weighted by molar-refractivity contribution is -0.137. The van der Waals surface area contributed by atoms with Gasteiger partial charge in [-0.05, 0) is 44.7 Å². The molecule has 0 spiro atoms. The van der Waals surface area contributed by atoms with E-state index in [0.717, 1.165) is 13.0 Å². The summed E-state index contributed by atoms with van der Waals surface area (Å²) in [5.74, 6) is -0.0296. The zero-order chi connectivity index (χ0) is 13.9. The Bertz CT molecular complexity index is 243. The van der Waals surface area contributed by atoms with E-state index >= 15 is 0 Å². The van der Waals surface area contributed by atoms with Crippen molar-refractivity contribution in [3.05, 3.63) is 0 Å². The summed E-state index contributed by atoms with van der Waals surface area (Å²) in [4.78, 5) is 13.2. The monoisotopic (exact) mass is 269 g/mol. The number of carboxylic acid groups (broad SMARTS) is 1. The van der Waals surface area contributed by atoms with Crippen LogP contribution in [0, 0.1) is 5.92 Å². The van der Waals surface area contributed by atoms with Crippen LogP contribution >= 0.6 is 0 Å². The van der Waals surface area contributed by atoms with Crippen molar-refractivity contribution in [2.75, 3.05) is 19.6 Å². The van der Waals surface area contributed by atoms with Crippen LogP contribution in [-0.2, 0) is 4.79 Å². The van der Waals surface area contributed by atoms with Crippen molar-refractivity contribution in [2.45, 2.75) is 71.1 Å². The molecule has 0 radical (unpaired) electrons. The third-order valence-electron chi connectivity index (χ3n) is 4.20. The van der Waals surface area contributed by atoms with Gasteiger partial charge in [0.2, 0.25) is 0 Å². The van der Waals surface area contributed by atoms with Crippen LogP contribution in [0.2, 0.25) is 0 Å². The Morgan fingerprint density at radius 2 is 1.95 bits per heavy atom. The van der Waals surface area contributed by atoms with Crippen molar-refractivity contribution >= 4 is 5.97 Å². The minimum Gasteiger partial charge on any atom is -0.481 e. The second-order valence-corrected chi connectivity index (χ2v) is 6.01. The molecule has 0 aromatic rings. The fourth-order valence-corrected chi connectivity index (χ4v) is 3.03. The van der Waals surface area contributed by atoms with E-state index in [4.69, 9.17) is 5.11 Å². The first-order chi connectivity index (χ1) is 9.22. The summed E-state index contributed by atoms with van der Waals surface area (Å²) in [6, 6.07) is 0. The lowest BCUT2D eigenvalue weighted by Crippen LogP contribution is -2.36. The van der Waals surface area contributed by atoms with Gasteiger partial charge in [-0.2, -0.15) is 0 Å². The Labute approximate surface area is 118 Å². The first-order valence-electron chi connectivity index (χ1n) is 8.16. The maximum atomic E-state index is 10.6. The highest BCUT2D eigenvalue weighted by Crippen LogP contribution is 2.21. The Hall–Kier alpha value is -0.570. The molecule has 3 heteroatoms. The quantitative estimate of drug-likeness (QED) is 0.611. The SMILES string of the molecule is CCCCCCCCN1CCCC(CCC(=O)O)C1. The molecule has 0 bridgehead atoms. The molecule has 1 heterocycles. The summed E-state index contributed by atoms with van der Waals surface area (Å²) in [7, 11) is 0. The maximum absolute atomic E-state index is 10.6. The summed E-state index contributed by atoms with van der Waals surface area (Å²) < 4.78 is 0. The highest BCUT2D eigenvalue weighted by atomic mass is 16.4. The number of carboxylic acids is 1. The topological polar surface area (TPSA) is 40.5 Å². The third-order valence-corrected chi connectivity index (χ3v) is 4.20. The predicted molar refractivity (Wildman–Crippen MR) is 79.4 cm³/mol. The first kappa shape index (κ1) is 16.5. The van der Waals surface area contributed by atoms with Gasteiger partial charge < -0.3 is 10.0 Å². The maximum Gasteiger partial charge on any atom is 0.303 e. The van der Waals surface area contributed by atoms with E-state index in [-0.39, 0.29) is 0 Å². The van der Waals surface area contributed by atoms with Crippen LogP contribution in [0.5, 0.6) is 0 Å². The first-order valence-corrected chi connectivity index (χ1v) is 8.16. The molecule has 3 nitrogen and oxygen atoms in total. The highest BCUT2D eigenvalue weighted by molar-refractivity contribution is 5.66. The highest BCUT2D eigenvalue weighted by Gasteiger charge is 2.19. The molecule has 1 fully saturated rings. The van der Waals surface area contributed by atoms with Crippen molar-refractivity contribution in [2.24, 2.45) is 5.92 Å². The fourth-order valence-electron chi connectivity index (χ4n) is 3.03. The second-order valence-electron chi connectivity index (χ2n) is 6.01. The van der Waals surface area contributed by atoms with Crippen molar-refractivity contribution in [1.29, 1.82) is 0 Å². The summed E-state index contributed by atoms with van der Waals surface area (Å²) in [5, 5.41) is 8.74. The van der Waals surface area contributed by atoms with Crippen LogP contribution in [0.1, 0.15) is 71.1 Å². The van der Waals surface area contributed by atoms with Gasteiger partial charge in [0.1, 0.15) is 0 Å². The Balaban J connectivity index is 2.04. The number of aliphatic carboxylic acids is 1. The summed E-state index contributed by atoms with van der Waals surface area (Å²) >= 11 is 0. The minimum atomic E-state index is -0.645. The second kappa shape index (κ2) is 10.2. The molecular weight excluding hydrogens is 238 g/mol. The molecule has 0 aliphatic carbocycles. The summed E-state index contributed by atoms with van der Waals surface area (Å²) in [5.41, 5.74) is 0. The van der Waals surface area contributed by atoms with Crippen LogP contribution in [0.15, 0.2) is 0 Å². The molecule has 0 aromatic heterocycles. The molecule has 112 valence electrons.